The van der Waals surface area contributed by atoms with Crippen LogP contribution in [0.15, 0.2) is 39.9 Å². The summed E-state index contributed by atoms with van der Waals surface area (Å²) in [6, 6.07) is 6.80. The fourth-order valence-corrected chi connectivity index (χ4v) is 3.23. The zero-order chi connectivity index (χ0) is 22.4. The molecule has 0 aliphatic rings. The van der Waals surface area contributed by atoms with Crippen molar-refractivity contribution in [3.63, 3.8) is 0 Å². The minimum absolute atomic E-state index is 0.118. The number of benzene rings is 2. The van der Waals surface area contributed by atoms with Gasteiger partial charge in [-0.05, 0) is 36.2 Å². The summed E-state index contributed by atoms with van der Waals surface area (Å²) in [6.07, 6.45) is 1.28. The molecule has 0 heterocycles. The van der Waals surface area contributed by atoms with Crippen molar-refractivity contribution in [3.8, 4) is 11.5 Å². The van der Waals surface area contributed by atoms with E-state index in [1.165, 1.54) is 31.5 Å². The molecule has 0 saturated heterocycles. The van der Waals surface area contributed by atoms with Crippen molar-refractivity contribution in [3.05, 3.63) is 56.0 Å². The van der Waals surface area contributed by atoms with Crippen molar-refractivity contribution in [1.29, 1.82) is 0 Å². The SMILES string of the molecule is COc1cc(Br)cc(/C=N/NC(=O)C(NC(=O)c2ccc(Cl)c(Cl)c2)C(C)C)c1O. The Morgan fingerprint density at radius 1 is 1.20 bits per heavy atom. The maximum absolute atomic E-state index is 12.6. The number of methoxy groups -OCH3 is 1. The lowest BCUT2D eigenvalue weighted by molar-refractivity contribution is -0.123. The first kappa shape index (κ1) is 24.0. The molecule has 2 amide bonds. The van der Waals surface area contributed by atoms with Gasteiger partial charge in [-0.3, -0.25) is 9.59 Å². The molecular formula is C20H20BrCl2N3O4. The molecule has 0 aliphatic heterocycles. The molecule has 30 heavy (non-hydrogen) atoms. The van der Waals surface area contributed by atoms with Gasteiger partial charge in [0.1, 0.15) is 6.04 Å². The Hall–Kier alpha value is -2.29. The number of nitrogens with one attached hydrogen (secondary N) is 2. The van der Waals surface area contributed by atoms with Crippen LogP contribution in [0.25, 0.3) is 0 Å². The third-order valence-corrected chi connectivity index (χ3v) is 5.28. The van der Waals surface area contributed by atoms with Gasteiger partial charge in [0.15, 0.2) is 11.5 Å². The number of hydrazone groups is 1. The van der Waals surface area contributed by atoms with Gasteiger partial charge in [-0.25, -0.2) is 5.43 Å². The number of rotatable bonds is 7. The molecular weight excluding hydrogens is 497 g/mol. The number of carbonyl (C=O) groups excluding carboxylic acids is 2. The molecule has 0 aromatic heterocycles. The molecule has 0 aliphatic carbocycles. The summed E-state index contributed by atoms with van der Waals surface area (Å²) in [5, 5.41) is 17.2. The molecule has 0 saturated carbocycles. The second-order valence-electron chi connectivity index (χ2n) is 6.60. The van der Waals surface area contributed by atoms with Crippen LogP contribution in [0.2, 0.25) is 10.0 Å². The van der Waals surface area contributed by atoms with Gasteiger partial charge >= 0.3 is 0 Å². The van der Waals surface area contributed by atoms with E-state index >= 15 is 0 Å². The molecule has 2 aromatic rings. The van der Waals surface area contributed by atoms with E-state index in [0.29, 0.717) is 15.1 Å². The van der Waals surface area contributed by atoms with Crippen LogP contribution in [0.5, 0.6) is 11.5 Å². The highest BCUT2D eigenvalue weighted by atomic mass is 79.9. The first-order valence-electron chi connectivity index (χ1n) is 8.79. The molecule has 1 atom stereocenters. The van der Waals surface area contributed by atoms with Crippen LogP contribution in [0.3, 0.4) is 0 Å². The predicted molar refractivity (Wildman–Crippen MR) is 121 cm³/mol. The average molecular weight is 517 g/mol. The van der Waals surface area contributed by atoms with E-state index in [1.54, 1.807) is 26.0 Å². The molecule has 1 unspecified atom stereocenters. The first-order chi connectivity index (χ1) is 14.1. The van der Waals surface area contributed by atoms with Crippen molar-refractivity contribution >= 4 is 57.2 Å². The number of nitrogens with zero attached hydrogens (tertiary/aromatic N) is 1. The topological polar surface area (TPSA) is 100 Å². The maximum Gasteiger partial charge on any atom is 0.262 e. The third kappa shape index (κ3) is 6.10. The number of phenols is 1. The number of aromatic hydroxyl groups is 1. The number of halogens is 3. The van der Waals surface area contributed by atoms with Gasteiger partial charge < -0.3 is 15.2 Å². The van der Waals surface area contributed by atoms with E-state index in [-0.39, 0.29) is 28.0 Å². The molecule has 7 nitrogen and oxygen atoms in total. The molecule has 0 fully saturated rings. The van der Waals surface area contributed by atoms with Gasteiger partial charge in [0.05, 0.1) is 23.4 Å². The second-order valence-corrected chi connectivity index (χ2v) is 8.33. The van der Waals surface area contributed by atoms with Crippen LogP contribution in [0, 0.1) is 5.92 Å². The summed E-state index contributed by atoms with van der Waals surface area (Å²) in [5.41, 5.74) is 2.99. The summed E-state index contributed by atoms with van der Waals surface area (Å²) in [4.78, 5) is 25.0. The normalized spacial score (nSPS) is 12.1. The molecule has 2 rings (SSSR count). The van der Waals surface area contributed by atoms with Crippen LogP contribution in [0.4, 0.5) is 0 Å². The Morgan fingerprint density at radius 3 is 2.50 bits per heavy atom. The van der Waals surface area contributed by atoms with E-state index in [0.717, 1.165) is 0 Å². The molecule has 160 valence electrons. The van der Waals surface area contributed by atoms with E-state index in [2.05, 4.69) is 31.8 Å². The minimum Gasteiger partial charge on any atom is -0.504 e. The van der Waals surface area contributed by atoms with Crippen LogP contribution < -0.4 is 15.5 Å². The van der Waals surface area contributed by atoms with Crippen LogP contribution in [-0.4, -0.2) is 36.3 Å². The Morgan fingerprint density at radius 2 is 1.90 bits per heavy atom. The van der Waals surface area contributed by atoms with Gasteiger partial charge in [0.2, 0.25) is 0 Å². The number of ether oxygens (including phenoxy) is 1. The highest BCUT2D eigenvalue weighted by Gasteiger charge is 2.24. The van der Waals surface area contributed by atoms with Gasteiger partial charge in [0, 0.05) is 15.6 Å². The Balaban J connectivity index is 2.11. The summed E-state index contributed by atoms with van der Waals surface area (Å²) in [5.74, 6) is -1.07. The third-order valence-electron chi connectivity index (χ3n) is 4.09. The summed E-state index contributed by atoms with van der Waals surface area (Å²) in [7, 11) is 1.42. The average Bonchev–Trinajstić information content (AvgIpc) is 2.69. The zero-order valence-corrected chi connectivity index (χ0v) is 19.5. The molecule has 10 heteroatoms. The summed E-state index contributed by atoms with van der Waals surface area (Å²) < 4.78 is 5.74. The lowest BCUT2D eigenvalue weighted by Gasteiger charge is -2.20. The highest BCUT2D eigenvalue weighted by molar-refractivity contribution is 9.10. The van der Waals surface area contributed by atoms with Crippen molar-refractivity contribution in [2.24, 2.45) is 11.0 Å². The summed E-state index contributed by atoms with van der Waals surface area (Å²) in [6.45, 7) is 3.57. The van der Waals surface area contributed by atoms with Crippen LogP contribution >= 0.6 is 39.1 Å². The Bertz CT molecular complexity index is 983. The monoisotopic (exact) mass is 515 g/mol. The van der Waals surface area contributed by atoms with Gasteiger partial charge in [-0.2, -0.15) is 5.10 Å². The fraction of sp³-hybridized carbons (Fsp3) is 0.250. The highest BCUT2D eigenvalue weighted by Crippen LogP contribution is 2.32. The standard InChI is InChI=1S/C20H20BrCl2N3O4/c1-10(2)17(25-19(28)11-4-5-14(22)15(23)7-11)20(29)26-24-9-12-6-13(21)8-16(30-3)18(12)27/h4-10,17,27H,1-3H3,(H,25,28)(H,26,29)/b24-9+. The van der Waals surface area contributed by atoms with Crippen molar-refractivity contribution < 1.29 is 19.4 Å². The van der Waals surface area contributed by atoms with Gasteiger partial charge in [-0.1, -0.05) is 53.0 Å². The number of phenolic OH excluding ortho intramolecular Hbond substituents is 1. The van der Waals surface area contributed by atoms with E-state index in [1.807, 2.05) is 0 Å². The van der Waals surface area contributed by atoms with Crippen LogP contribution in [0.1, 0.15) is 29.8 Å². The molecule has 0 bridgehead atoms. The van der Waals surface area contributed by atoms with Gasteiger partial charge in [-0.15, -0.1) is 0 Å². The van der Waals surface area contributed by atoms with E-state index < -0.39 is 17.9 Å². The Kier molecular flexibility index (Phi) is 8.52. The number of amides is 2. The first-order valence-corrected chi connectivity index (χ1v) is 10.3. The minimum atomic E-state index is -0.852. The molecule has 0 radical (unpaired) electrons. The van der Waals surface area contributed by atoms with Gasteiger partial charge in [0.25, 0.3) is 11.8 Å². The van der Waals surface area contributed by atoms with Crippen LogP contribution in [-0.2, 0) is 4.79 Å². The second kappa shape index (κ2) is 10.7. The summed E-state index contributed by atoms with van der Waals surface area (Å²) >= 11 is 15.1. The molecule has 3 N–H and O–H groups in total. The predicted octanol–water partition coefficient (Wildman–Crippen LogP) is 4.37. The number of carbonyl (C=O) groups is 2. The fourth-order valence-electron chi connectivity index (χ4n) is 2.48. The lowest BCUT2D eigenvalue weighted by atomic mass is 10.0. The largest absolute Gasteiger partial charge is 0.504 e. The molecule has 2 aromatic carbocycles. The molecule has 0 spiro atoms. The number of hydrogen-bond donors (Lipinski definition) is 3. The lowest BCUT2D eigenvalue weighted by Crippen LogP contribution is -2.48. The zero-order valence-electron chi connectivity index (χ0n) is 16.4. The Labute approximate surface area is 192 Å². The van der Waals surface area contributed by atoms with Crippen molar-refractivity contribution in [1.82, 2.24) is 10.7 Å². The van der Waals surface area contributed by atoms with E-state index in [4.69, 9.17) is 27.9 Å². The smallest absolute Gasteiger partial charge is 0.262 e. The maximum atomic E-state index is 12.6. The van der Waals surface area contributed by atoms with E-state index in [9.17, 15) is 14.7 Å². The quantitative estimate of drug-likeness (QED) is 0.375. The van der Waals surface area contributed by atoms with Crippen molar-refractivity contribution in [2.45, 2.75) is 19.9 Å². The van der Waals surface area contributed by atoms with Crippen molar-refractivity contribution in [2.75, 3.05) is 7.11 Å². The number of hydrogen-bond acceptors (Lipinski definition) is 5.